The summed E-state index contributed by atoms with van der Waals surface area (Å²) in [6.07, 6.45) is -1.33. The molecule has 1 saturated heterocycles. The van der Waals surface area contributed by atoms with Crippen molar-refractivity contribution in [1.29, 1.82) is 0 Å². The van der Waals surface area contributed by atoms with Gasteiger partial charge in [0.05, 0.1) is 13.2 Å². The first kappa shape index (κ1) is 39.8. The third-order valence-corrected chi connectivity index (χ3v) is 20.3. The van der Waals surface area contributed by atoms with Crippen LogP contribution in [-0.4, -0.2) is 62.3 Å². The molecule has 1 aliphatic heterocycles. The topological polar surface area (TPSA) is 112 Å². The molecule has 9 nitrogen and oxygen atoms in total. The number of nitrogens with zero attached hydrogens (tertiary/aromatic N) is 1. The zero-order valence-electron chi connectivity index (χ0n) is 32.3. The molecule has 5 rings (SSSR count). The van der Waals surface area contributed by atoms with Crippen molar-refractivity contribution in [1.82, 2.24) is 9.55 Å². The second kappa shape index (κ2) is 14.8. The predicted molar refractivity (Wildman–Crippen MR) is 211 cm³/mol. The van der Waals surface area contributed by atoms with Gasteiger partial charge in [-0.2, -0.15) is 0 Å². The fourth-order valence-corrected chi connectivity index (χ4v) is 8.87. The van der Waals surface area contributed by atoms with Crippen LogP contribution < -0.4 is 11.2 Å². The van der Waals surface area contributed by atoms with E-state index >= 15 is 0 Å². The lowest BCUT2D eigenvalue weighted by Gasteiger charge is -2.46. The lowest BCUT2D eigenvalue weighted by atomic mass is 9.80. The summed E-state index contributed by atoms with van der Waals surface area (Å²) < 4.78 is 30.2. The molecule has 0 saturated carbocycles. The molecule has 1 aliphatic rings. The number of aromatic amines is 1. The van der Waals surface area contributed by atoms with Crippen molar-refractivity contribution >= 4 is 16.6 Å². The van der Waals surface area contributed by atoms with E-state index in [0.29, 0.717) is 0 Å². The van der Waals surface area contributed by atoms with Crippen LogP contribution in [0.2, 0.25) is 36.3 Å². The third kappa shape index (κ3) is 7.63. The molecule has 2 heterocycles. The Labute approximate surface area is 310 Å². The van der Waals surface area contributed by atoms with Crippen molar-refractivity contribution in [2.24, 2.45) is 0 Å². The second-order valence-electron chi connectivity index (χ2n) is 17.0. The summed E-state index contributed by atoms with van der Waals surface area (Å²) in [5, 5.41) is 11.3. The Bertz CT molecular complexity index is 1800. The van der Waals surface area contributed by atoms with Crippen LogP contribution in [0, 0.1) is 0 Å². The van der Waals surface area contributed by atoms with Gasteiger partial charge in [-0.3, -0.25) is 14.3 Å². The lowest BCUT2D eigenvalue weighted by Crippen LogP contribution is -2.60. The fraction of sp³-hybridized carbons (Fsp3) is 0.463. The van der Waals surface area contributed by atoms with Crippen LogP contribution in [0.15, 0.2) is 113 Å². The number of ether oxygens (including phenoxy) is 2. The molecule has 4 atom stereocenters. The molecule has 2 N–H and O–H groups in total. The number of aromatic nitrogens is 2. The Balaban J connectivity index is 1.75. The molecule has 1 aromatic heterocycles. The van der Waals surface area contributed by atoms with Crippen molar-refractivity contribution in [2.45, 2.75) is 107 Å². The molecule has 0 amide bonds. The minimum absolute atomic E-state index is 0.132. The van der Waals surface area contributed by atoms with Crippen LogP contribution in [0.5, 0.6) is 0 Å². The number of hydrogen-bond donors (Lipinski definition) is 2. The van der Waals surface area contributed by atoms with Crippen LogP contribution >= 0.6 is 0 Å². The fourth-order valence-electron chi connectivity index (χ4n) is 6.26. The zero-order chi connectivity index (χ0) is 38.2. The third-order valence-electron chi connectivity index (χ3n) is 11.4. The standard InChI is InChI=1S/C41H56N2O7Si2/c1-38(2,3)51(7,8)49-34-35(50-52(9,10)39(4,5)6)40(28-44,48-36(34)43-27-26-33(45)42-37(43)46)29-47-41(30-20-14-11-15-21-30,31-22-16-12-17-23-31)32-24-18-13-19-25-32/h11-27,34-36,44H,28-29H2,1-10H3,(H,42,45,46)/t34-,35-,36-,40+/m1/s1. The molecule has 52 heavy (non-hydrogen) atoms. The average Bonchev–Trinajstić information content (AvgIpc) is 3.37. The molecule has 0 bridgehead atoms. The van der Waals surface area contributed by atoms with Gasteiger partial charge in [-0.25, -0.2) is 4.79 Å². The van der Waals surface area contributed by atoms with Gasteiger partial charge in [-0.1, -0.05) is 133 Å². The van der Waals surface area contributed by atoms with Crippen molar-refractivity contribution in [3.05, 3.63) is 141 Å². The highest BCUT2D eigenvalue weighted by Crippen LogP contribution is 2.50. The summed E-state index contributed by atoms with van der Waals surface area (Å²) in [6.45, 7) is 20.9. The van der Waals surface area contributed by atoms with Gasteiger partial charge in [0, 0.05) is 12.3 Å². The maximum Gasteiger partial charge on any atom is 0.330 e. The molecule has 0 spiro atoms. The summed E-state index contributed by atoms with van der Waals surface area (Å²) in [7, 11) is -5.20. The summed E-state index contributed by atoms with van der Waals surface area (Å²) >= 11 is 0. The van der Waals surface area contributed by atoms with Gasteiger partial charge in [-0.05, 0) is 53.0 Å². The highest BCUT2D eigenvalue weighted by molar-refractivity contribution is 6.74. The molecular formula is C41H56N2O7Si2. The first-order valence-corrected chi connectivity index (χ1v) is 23.9. The summed E-state index contributed by atoms with van der Waals surface area (Å²) in [4.78, 5) is 28.1. The number of benzene rings is 3. The van der Waals surface area contributed by atoms with Crippen LogP contribution in [0.1, 0.15) is 64.5 Å². The van der Waals surface area contributed by atoms with E-state index in [-0.39, 0.29) is 16.7 Å². The second-order valence-corrected chi connectivity index (χ2v) is 26.5. The van der Waals surface area contributed by atoms with E-state index in [4.69, 9.17) is 18.3 Å². The van der Waals surface area contributed by atoms with Gasteiger partial charge in [0.25, 0.3) is 5.56 Å². The Hall–Kier alpha value is -3.43. The molecule has 1 fully saturated rings. The highest BCUT2D eigenvalue weighted by atomic mass is 28.4. The predicted octanol–water partition coefficient (Wildman–Crippen LogP) is 7.59. The highest BCUT2D eigenvalue weighted by Gasteiger charge is 2.62. The van der Waals surface area contributed by atoms with Gasteiger partial charge in [0.2, 0.25) is 0 Å². The zero-order valence-corrected chi connectivity index (χ0v) is 34.3. The van der Waals surface area contributed by atoms with E-state index in [1.807, 2.05) is 91.0 Å². The normalized spacial score (nSPS) is 21.7. The Morgan fingerprint density at radius 2 is 1.17 bits per heavy atom. The van der Waals surface area contributed by atoms with Gasteiger partial charge in [-0.15, -0.1) is 0 Å². The molecule has 0 radical (unpaired) electrons. The number of hydrogen-bond acceptors (Lipinski definition) is 7. The first-order valence-electron chi connectivity index (χ1n) is 18.0. The SMILES string of the molecule is CC(C)(C)[Si](C)(C)O[C@H]1[C@H](n2ccc(=O)[nH]c2=O)O[C@@](CO)(COC(c2ccccc2)(c2ccccc2)c2ccccc2)[C@@H]1O[Si](C)(C)C(C)(C)C. The molecule has 11 heteroatoms. The van der Waals surface area contributed by atoms with Crippen molar-refractivity contribution in [3.8, 4) is 0 Å². The summed E-state index contributed by atoms with van der Waals surface area (Å²) in [5.74, 6) is 0. The molecule has 4 aromatic rings. The minimum atomic E-state index is -2.61. The molecule has 0 unspecified atom stereocenters. The molecule has 3 aromatic carbocycles. The minimum Gasteiger partial charge on any atom is -0.408 e. The van der Waals surface area contributed by atoms with Gasteiger partial charge in [0.1, 0.15) is 23.4 Å². The van der Waals surface area contributed by atoms with Gasteiger partial charge < -0.3 is 23.4 Å². The van der Waals surface area contributed by atoms with Crippen LogP contribution in [0.4, 0.5) is 0 Å². The van der Waals surface area contributed by atoms with E-state index in [0.717, 1.165) is 16.7 Å². The molecule has 0 aliphatic carbocycles. The molecular weight excluding hydrogens is 689 g/mol. The number of aliphatic hydroxyl groups is 1. The van der Waals surface area contributed by atoms with Gasteiger partial charge in [0.15, 0.2) is 22.9 Å². The van der Waals surface area contributed by atoms with E-state index in [9.17, 15) is 14.7 Å². The summed E-state index contributed by atoms with van der Waals surface area (Å²) in [6, 6.07) is 31.3. The van der Waals surface area contributed by atoms with E-state index < -0.39 is 64.1 Å². The van der Waals surface area contributed by atoms with Crippen molar-refractivity contribution in [2.75, 3.05) is 13.2 Å². The van der Waals surface area contributed by atoms with E-state index in [1.165, 1.54) is 16.8 Å². The van der Waals surface area contributed by atoms with E-state index in [2.05, 4.69) is 72.7 Å². The Kier molecular flexibility index (Phi) is 11.3. The maximum atomic E-state index is 13.5. The lowest BCUT2D eigenvalue weighted by molar-refractivity contribution is -0.176. The summed E-state index contributed by atoms with van der Waals surface area (Å²) in [5.41, 5.74) is -1.13. The first-order chi connectivity index (χ1) is 24.3. The van der Waals surface area contributed by atoms with Crippen LogP contribution in [0.25, 0.3) is 0 Å². The Morgan fingerprint density at radius 1 is 0.731 bits per heavy atom. The monoisotopic (exact) mass is 744 g/mol. The number of H-pyrrole nitrogens is 1. The maximum absolute atomic E-state index is 13.5. The molecule has 280 valence electrons. The van der Waals surface area contributed by atoms with Crippen molar-refractivity contribution < 1.29 is 23.4 Å². The van der Waals surface area contributed by atoms with Gasteiger partial charge >= 0.3 is 5.69 Å². The Morgan fingerprint density at radius 3 is 1.58 bits per heavy atom. The number of aliphatic hydroxyl groups excluding tert-OH is 1. The van der Waals surface area contributed by atoms with Crippen molar-refractivity contribution in [3.63, 3.8) is 0 Å². The van der Waals surface area contributed by atoms with Crippen LogP contribution in [0.3, 0.4) is 0 Å². The quantitative estimate of drug-likeness (QED) is 0.114. The van der Waals surface area contributed by atoms with E-state index in [1.54, 1.807) is 0 Å². The number of rotatable bonds is 12. The largest absolute Gasteiger partial charge is 0.408 e. The smallest absolute Gasteiger partial charge is 0.330 e. The number of nitrogens with one attached hydrogen (secondary N) is 1. The average molecular weight is 745 g/mol. The van der Waals surface area contributed by atoms with Crippen LogP contribution in [-0.2, 0) is 23.9 Å².